The van der Waals surface area contributed by atoms with Gasteiger partial charge in [-0.05, 0) is 22.3 Å². The van der Waals surface area contributed by atoms with Crippen molar-refractivity contribution in [3.63, 3.8) is 0 Å². The molecule has 1 amide bonds. The molecule has 1 atom stereocenters. The average Bonchev–Trinajstić information content (AvgIpc) is 2.98. The smallest absolute Gasteiger partial charge is 0.407 e. The second kappa shape index (κ2) is 8.41. The number of ether oxygens (including phenoxy) is 1. The number of carbonyl (C=O) groups excluding carboxylic acids is 1. The van der Waals surface area contributed by atoms with E-state index in [9.17, 15) is 23.1 Å². The van der Waals surface area contributed by atoms with Crippen molar-refractivity contribution >= 4 is 28.0 Å². The normalized spacial score (nSPS) is 13.6. The van der Waals surface area contributed by atoms with Crippen LogP contribution in [0.4, 0.5) is 4.79 Å². The van der Waals surface area contributed by atoms with E-state index in [0.717, 1.165) is 22.3 Å². The van der Waals surface area contributed by atoms with Crippen LogP contribution in [0.25, 0.3) is 11.1 Å². The first-order valence-electron chi connectivity index (χ1n) is 8.86. The Balaban J connectivity index is 1.69. The van der Waals surface area contributed by atoms with E-state index in [4.69, 9.17) is 16.2 Å². The van der Waals surface area contributed by atoms with Crippen molar-refractivity contribution in [1.82, 2.24) is 5.32 Å². The van der Waals surface area contributed by atoms with Gasteiger partial charge < -0.3 is 26.6 Å². The number of sulfonamides is 1. The Bertz CT molecular complexity index is 1070. The first-order valence-corrected chi connectivity index (χ1v) is 10.5. The average molecular weight is 432 g/mol. The standard InChI is InChI=1S/C19H20N4O6S/c20-18(21)23-30(27,28)10-16(17(24)25)22-19(26)29-9-15-13-7-3-1-5-11(13)12-6-2-4-8-14(12)15/h1-8,15-16H,9-10H2,(H,22,26)(H,24,25)(H4,20,21,23)/t16-/m0/s1. The SMILES string of the molecule is NC(N)=NS(=O)(=O)C[C@H](NC(=O)OCC1c2ccccc2-c2ccccc21)C(=O)O. The number of nitrogens with zero attached hydrogens (tertiary/aromatic N) is 1. The van der Waals surface area contributed by atoms with E-state index >= 15 is 0 Å². The number of nitrogens with two attached hydrogens (primary N) is 2. The highest BCUT2D eigenvalue weighted by atomic mass is 32.2. The molecule has 1 aliphatic rings. The van der Waals surface area contributed by atoms with Crippen LogP contribution in [0.1, 0.15) is 17.0 Å². The van der Waals surface area contributed by atoms with Crippen molar-refractivity contribution in [2.45, 2.75) is 12.0 Å². The van der Waals surface area contributed by atoms with Gasteiger partial charge in [0, 0.05) is 5.92 Å². The van der Waals surface area contributed by atoms with Crippen molar-refractivity contribution in [3.05, 3.63) is 59.7 Å². The third-order valence-corrected chi connectivity index (χ3v) is 5.80. The summed E-state index contributed by atoms with van der Waals surface area (Å²) < 4.78 is 31.8. The number of hydrogen-bond donors (Lipinski definition) is 4. The topological polar surface area (TPSA) is 174 Å². The predicted molar refractivity (Wildman–Crippen MR) is 109 cm³/mol. The number of aliphatic carboxylic acids is 1. The van der Waals surface area contributed by atoms with E-state index in [1.54, 1.807) is 0 Å². The lowest BCUT2D eigenvalue weighted by molar-refractivity contribution is -0.138. The molecule has 0 spiro atoms. The van der Waals surface area contributed by atoms with Gasteiger partial charge in [-0.25, -0.2) is 18.0 Å². The zero-order valence-electron chi connectivity index (χ0n) is 15.7. The molecule has 1 aliphatic carbocycles. The maximum absolute atomic E-state index is 12.2. The zero-order valence-corrected chi connectivity index (χ0v) is 16.5. The highest BCUT2D eigenvalue weighted by Crippen LogP contribution is 2.44. The van der Waals surface area contributed by atoms with Crippen LogP contribution in [0.15, 0.2) is 52.9 Å². The van der Waals surface area contributed by atoms with Gasteiger partial charge in [0.1, 0.15) is 18.4 Å². The van der Waals surface area contributed by atoms with Crippen molar-refractivity contribution in [2.75, 3.05) is 12.4 Å². The molecule has 2 aromatic carbocycles. The van der Waals surface area contributed by atoms with E-state index in [2.05, 4.69) is 4.40 Å². The molecular formula is C19H20N4O6S. The van der Waals surface area contributed by atoms with Crippen LogP contribution in [0.5, 0.6) is 0 Å². The summed E-state index contributed by atoms with van der Waals surface area (Å²) in [6.07, 6.45) is -1.07. The lowest BCUT2D eigenvalue weighted by atomic mass is 9.98. The summed E-state index contributed by atoms with van der Waals surface area (Å²) in [4.78, 5) is 23.5. The molecule has 0 saturated carbocycles. The third-order valence-electron chi connectivity index (χ3n) is 4.56. The first kappa shape index (κ1) is 21.1. The molecular weight excluding hydrogens is 412 g/mol. The summed E-state index contributed by atoms with van der Waals surface area (Å²) in [5, 5.41) is 11.2. The molecule has 30 heavy (non-hydrogen) atoms. The second-order valence-electron chi connectivity index (χ2n) is 6.63. The van der Waals surface area contributed by atoms with Crippen molar-refractivity contribution < 1.29 is 27.9 Å². The van der Waals surface area contributed by atoms with Gasteiger partial charge in [-0.15, -0.1) is 4.40 Å². The van der Waals surface area contributed by atoms with Crippen LogP contribution >= 0.6 is 0 Å². The number of rotatable bonds is 7. The minimum atomic E-state index is -4.29. The van der Waals surface area contributed by atoms with Gasteiger partial charge in [0.15, 0.2) is 0 Å². The van der Waals surface area contributed by atoms with Crippen molar-refractivity contribution in [2.24, 2.45) is 15.9 Å². The zero-order chi connectivity index (χ0) is 21.9. The molecule has 0 fully saturated rings. The lowest BCUT2D eigenvalue weighted by Crippen LogP contribution is -2.45. The highest BCUT2D eigenvalue weighted by molar-refractivity contribution is 7.90. The summed E-state index contributed by atoms with van der Waals surface area (Å²) in [5.74, 6) is -3.56. The van der Waals surface area contributed by atoms with Crippen LogP contribution in [0.3, 0.4) is 0 Å². The van der Waals surface area contributed by atoms with Gasteiger partial charge in [0.2, 0.25) is 5.96 Å². The van der Waals surface area contributed by atoms with Gasteiger partial charge in [0.05, 0.1) is 0 Å². The van der Waals surface area contributed by atoms with E-state index < -0.39 is 39.8 Å². The number of carboxylic acids is 1. The number of carbonyl (C=O) groups is 2. The fraction of sp³-hybridized carbons (Fsp3) is 0.211. The second-order valence-corrected chi connectivity index (χ2v) is 8.31. The molecule has 0 aliphatic heterocycles. The molecule has 10 nitrogen and oxygen atoms in total. The molecule has 0 unspecified atom stereocenters. The molecule has 158 valence electrons. The predicted octanol–water partition coefficient (Wildman–Crippen LogP) is 0.582. The Morgan fingerprint density at radius 2 is 1.60 bits per heavy atom. The van der Waals surface area contributed by atoms with Gasteiger partial charge in [-0.1, -0.05) is 48.5 Å². The molecule has 11 heteroatoms. The van der Waals surface area contributed by atoms with Gasteiger partial charge >= 0.3 is 12.1 Å². The molecule has 3 rings (SSSR count). The Morgan fingerprint density at radius 1 is 1.07 bits per heavy atom. The van der Waals surface area contributed by atoms with Gasteiger partial charge in [-0.3, -0.25) is 0 Å². The van der Waals surface area contributed by atoms with Gasteiger partial charge in [-0.2, -0.15) is 0 Å². The Labute approximate surface area is 172 Å². The van der Waals surface area contributed by atoms with Crippen molar-refractivity contribution in [3.8, 4) is 11.1 Å². The maximum atomic E-state index is 12.2. The number of benzene rings is 2. The largest absolute Gasteiger partial charge is 0.480 e. The van der Waals surface area contributed by atoms with E-state index in [1.807, 2.05) is 53.8 Å². The fourth-order valence-electron chi connectivity index (χ4n) is 3.37. The monoisotopic (exact) mass is 432 g/mol. The minimum Gasteiger partial charge on any atom is -0.480 e. The molecule has 0 bridgehead atoms. The van der Waals surface area contributed by atoms with Crippen LogP contribution in [0.2, 0.25) is 0 Å². The summed E-state index contributed by atoms with van der Waals surface area (Å²) in [6.45, 7) is -0.0488. The van der Waals surface area contributed by atoms with E-state index in [1.165, 1.54) is 0 Å². The molecule has 0 heterocycles. The number of nitrogens with one attached hydrogen (secondary N) is 1. The highest BCUT2D eigenvalue weighted by Gasteiger charge is 2.31. The number of hydrogen-bond acceptors (Lipinski definition) is 5. The molecule has 0 saturated heterocycles. The number of fused-ring (bicyclic) bond motifs is 3. The molecule has 6 N–H and O–H groups in total. The van der Waals surface area contributed by atoms with E-state index in [-0.39, 0.29) is 12.5 Å². The number of amides is 1. The van der Waals surface area contributed by atoms with Crippen LogP contribution in [-0.2, 0) is 19.6 Å². The molecule has 2 aromatic rings. The summed E-state index contributed by atoms with van der Waals surface area (Å²) in [5.41, 5.74) is 14.1. The number of carboxylic acid groups (broad SMARTS) is 1. The van der Waals surface area contributed by atoms with Crippen LogP contribution < -0.4 is 16.8 Å². The summed E-state index contributed by atoms with van der Waals surface area (Å²) >= 11 is 0. The maximum Gasteiger partial charge on any atom is 0.407 e. The van der Waals surface area contributed by atoms with E-state index in [0.29, 0.717) is 0 Å². The Kier molecular flexibility index (Phi) is 5.92. The van der Waals surface area contributed by atoms with Crippen LogP contribution in [-0.4, -0.2) is 49.9 Å². The third kappa shape index (κ3) is 4.69. The molecule has 0 aromatic heterocycles. The number of alkyl carbamates (subject to hydrolysis) is 1. The first-order chi connectivity index (χ1) is 14.2. The van der Waals surface area contributed by atoms with Crippen molar-refractivity contribution in [1.29, 1.82) is 0 Å². The minimum absolute atomic E-state index is 0.0488. The lowest BCUT2D eigenvalue weighted by Gasteiger charge is -2.17. The fourth-order valence-corrected chi connectivity index (χ4v) is 4.41. The summed E-state index contributed by atoms with van der Waals surface area (Å²) in [7, 11) is -4.29. The summed E-state index contributed by atoms with van der Waals surface area (Å²) in [6, 6.07) is 13.6. The van der Waals surface area contributed by atoms with Gasteiger partial charge in [0.25, 0.3) is 10.0 Å². The Hall–Kier alpha value is -3.60. The van der Waals surface area contributed by atoms with Crippen LogP contribution in [0, 0.1) is 0 Å². The Morgan fingerprint density at radius 3 is 2.10 bits per heavy atom. The molecule has 0 radical (unpaired) electrons. The number of guanidine groups is 1. The quantitative estimate of drug-likeness (QED) is 0.363.